The summed E-state index contributed by atoms with van der Waals surface area (Å²) >= 11 is 0. The van der Waals surface area contributed by atoms with Gasteiger partial charge in [0.15, 0.2) is 0 Å². The molecule has 0 unspecified atom stereocenters. The smallest absolute Gasteiger partial charge is 0.245 e. The highest BCUT2D eigenvalue weighted by molar-refractivity contribution is 5.96. The van der Waals surface area contributed by atoms with Gasteiger partial charge in [0.1, 0.15) is 6.04 Å². The van der Waals surface area contributed by atoms with Crippen molar-refractivity contribution in [2.45, 2.75) is 6.04 Å². The molecule has 0 spiro atoms. The molecule has 2 aromatic carbocycles. The standard InChI is InChI=1S/C17H15N3O/c18-16(12-6-2-1-3-7-12)17(21)20-14-10-13-8-4-5-9-15(13)19-11-14/h1-11,16H,18H2,(H,20,21)/t16-/m1/s1. The maximum atomic E-state index is 12.2. The number of aromatic nitrogens is 1. The molecule has 104 valence electrons. The van der Waals surface area contributed by atoms with E-state index in [2.05, 4.69) is 10.3 Å². The van der Waals surface area contributed by atoms with E-state index in [1.54, 1.807) is 6.20 Å². The Bertz CT molecular complexity index is 771. The van der Waals surface area contributed by atoms with Crippen LogP contribution < -0.4 is 11.1 Å². The lowest BCUT2D eigenvalue weighted by Gasteiger charge is -2.12. The van der Waals surface area contributed by atoms with E-state index < -0.39 is 6.04 Å². The third-order valence-electron chi connectivity index (χ3n) is 3.30. The minimum atomic E-state index is -0.697. The van der Waals surface area contributed by atoms with Crippen molar-refractivity contribution < 1.29 is 4.79 Å². The largest absolute Gasteiger partial charge is 0.323 e. The lowest BCUT2D eigenvalue weighted by molar-refractivity contribution is -0.117. The Labute approximate surface area is 122 Å². The van der Waals surface area contributed by atoms with Gasteiger partial charge in [0, 0.05) is 5.39 Å². The molecule has 0 saturated heterocycles. The third-order valence-corrected chi connectivity index (χ3v) is 3.30. The summed E-state index contributed by atoms with van der Waals surface area (Å²) in [6, 6.07) is 18.2. The number of carbonyl (C=O) groups excluding carboxylic acids is 1. The zero-order valence-electron chi connectivity index (χ0n) is 11.4. The van der Waals surface area contributed by atoms with E-state index in [1.807, 2.05) is 60.7 Å². The van der Waals surface area contributed by atoms with Crippen LogP contribution in [-0.2, 0) is 4.79 Å². The summed E-state index contributed by atoms with van der Waals surface area (Å²) in [4.78, 5) is 16.5. The molecule has 3 aromatic rings. The maximum absolute atomic E-state index is 12.2. The molecule has 0 aliphatic carbocycles. The highest BCUT2D eigenvalue weighted by Crippen LogP contribution is 2.18. The van der Waals surface area contributed by atoms with Gasteiger partial charge in [0.2, 0.25) is 5.91 Å². The molecule has 3 N–H and O–H groups in total. The van der Waals surface area contributed by atoms with Crippen LogP contribution in [0.25, 0.3) is 10.9 Å². The first-order chi connectivity index (χ1) is 10.2. The monoisotopic (exact) mass is 277 g/mol. The summed E-state index contributed by atoms with van der Waals surface area (Å²) in [5.41, 5.74) is 8.28. The number of nitrogens with zero attached hydrogens (tertiary/aromatic N) is 1. The van der Waals surface area contributed by atoms with Gasteiger partial charge in [-0.2, -0.15) is 0 Å². The minimum absolute atomic E-state index is 0.252. The maximum Gasteiger partial charge on any atom is 0.245 e. The number of rotatable bonds is 3. The van der Waals surface area contributed by atoms with Crippen LogP contribution in [0.1, 0.15) is 11.6 Å². The van der Waals surface area contributed by atoms with Gasteiger partial charge in [-0.25, -0.2) is 0 Å². The fourth-order valence-electron chi connectivity index (χ4n) is 2.17. The molecule has 3 rings (SSSR count). The number of benzene rings is 2. The van der Waals surface area contributed by atoms with Crippen molar-refractivity contribution in [1.29, 1.82) is 0 Å². The van der Waals surface area contributed by atoms with Crippen LogP contribution in [-0.4, -0.2) is 10.9 Å². The number of fused-ring (bicyclic) bond motifs is 1. The first kappa shape index (κ1) is 13.3. The van der Waals surface area contributed by atoms with Crippen molar-refractivity contribution in [1.82, 2.24) is 4.98 Å². The second-order valence-corrected chi connectivity index (χ2v) is 4.79. The molecule has 4 heteroatoms. The zero-order valence-corrected chi connectivity index (χ0v) is 11.4. The summed E-state index contributed by atoms with van der Waals surface area (Å²) in [5, 5.41) is 3.78. The molecule has 0 bridgehead atoms. The third kappa shape index (κ3) is 2.90. The minimum Gasteiger partial charge on any atom is -0.323 e. The molecule has 0 saturated carbocycles. The quantitative estimate of drug-likeness (QED) is 0.773. The van der Waals surface area contributed by atoms with Gasteiger partial charge < -0.3 is 11.1 Å². The Morgan fingerprint density at radius 3 is 2.57 bits per heavy atom. The lowest BCUT2D eigenvalue weighted by Crippen LogP contribution is -2.27. The van der Waals surface area contributed by atoms with E-state index in [0.29, 0.717) is 5.69 Å². The number of nitrogens with two attached hydrogens (primary N) is 1. The first-order valence-corrected chi connectivity index (χ1v) is 6.70. The fourth-order valence-corrected chi connectivity index (χ4v) is 2.17. The molecule has 0 aliphatic rings. The summed E-state index contributed by atoms with van der Waals surface area (Å²) in [6.07, 6.45) is 1.64. The van der Waals surface area contributed by atoms with Gasteiger partial charge in [0.25, 0.3) is 0 Å². The van der Waals surface area contributed by atoms with Crippen LogP contribution in [0.2, 0.25) is 0 Å². The number of hydrogen-bond donors (Lipinski definition) is 2. The lowest BCUT2D eigenvalue weighted by atomic mass is 10.1. The molecular weight excluding hydrogens is 262 g/mol. The average Bonchev–Trinajstić information content (AvgIpc) is 2.55. The van der Waals surface area contributed by atoms with E-state index in [-0.39, 0.29) is 5.91 Å². The Balaban J connectivity index is 1.80. The van der Waals surface area contributed by atoms with Crippen molar-refractivity contribution in [2.24, 2.45) is 5.73 Å². The SMILES string of the molecule is N[C@@H](C(=O)Nc1cnc2ccccc2c1)c1ccccc1. The Hall–Kier alpha value is -2.72. The van der Waals surface area contributed by atoms with E-state index in [9.17, 15) is 4.79 Å². The molecule has 4 nitrogen and oxygen atoms in total. The van der Waals surface area contributed by atoms with Crippen LogP contribution in [0.5, 0.6) is 0 Å². The van der Waals surface area contributed by atoms with Gasteiger partial charge in [-0.05, 0) is 17.7 Å². The predicted molar refractivity (Wildman–Crippen MR) is 83.7 cm³/mol. The molecule has 1 heterocycles. The van der Waals surface area contributed by atoms with Gasteiger partial charge in [-0.1, -0.05) is 48.5 Å². The summed E-state index contributed by atoms with van der Waals surface area (Å²) < 4.78 is 0. The van der Waals surface area contributed by atoms with Gasteiger partial charge >= 0.3 is 0 Å². The molecule has 1 aromatic heterocycles. The van der Waals surface area contributed by atoms with Crippen LogP contribution >= 0.6 is 0 Å². The number of nitrogens with one attached hydrogen (secondary N) is 1. The number of carbonyl (C=O) groups is 1. The van der Waals surface area contributed by atoms with E-state index >= 15 is 0 Å². The number of para-hydroxylation sites is 1. The van der Waals surface area contributed by atoms with E-state index in [1.165, 1.54) is 0 Å². The number of hydrogen-bond acceptors (Lipinski definition) is 3. The molecule has 1 amide bonds. The topological polar surface area (TPSA) is 68.0 Å². The second kappa shape index (κ2) is 5.73. The van der Waals surface area contributed by atoms with Crippen molar-refractivity contribution >= 4 is 22.5 Å². The molecule has 0 aliphatic heterocycles. The van der Waals surface area contributed by atoms with Crippen molar-refractivity contribution in [3.63, 3.8) is 0 Å². The Morgan fingerprint density at radius 2 is 1.76 bits per heavy atom. The molecule has 0 fully saturated rings. The molecule has 21 heavy (non-hydrogen) atoms. The van der Waals surface area contributed by atoms with E-state index in [4.69, 9.17) is 5.73 Å². The van der Waals surface area contributed by atoms with Crippen molar-refractivity contribution in [3.8, 4) is 0 Å². The Kier molecular flexibility index (Phi) is 3.62. The van der Waals surface area contributed by atoms with Gasteiger partial charge in [-0.3, -0.25) is 9.78 Å². The molecular formula is C17H15N3O. The molecule has 0 radical (unpaired) electrons. The molecule has 1 atom stereocenters. The summed E-state index contributed by atoms with van der Waals surface area (Å²) in [5.74, 6) is -0.252. The zero-order chi connectivity index (χ0) is 14.7. The highest BCUT2D eigenvalue weighted by atomic mass is 16.2. The number of pyridine rings is 1. The average molecular weight is 277 g/mol. The fraction of sp³-hybridized carbons (Fsp3) is 0.0588. The number of anilines is 1. The second-order valence-electron chi connectivity index (χ2n) is 4.79. The van der Waals surface area contributed by atoms with Gasteiger partial charge in [-0.15, -0.1) is 0 Å². The number of amides is 1. The van der Waals surface area contributed by atoms with Crippen LogP contribution in [0.3, 0.4) is 0 Å². The van der Waals surface area contributed by atoms with E-state index in [0.717, 1.165) is 16.5 Å². The Morgan fingerprint density at radius 1 is 1.05 bits per heavy atom. The normalized spacial score (nSPS) is 12.0. The summed E-state index contributed by atoms with van der Waals surface area (Å²) in [7, 11) is 0. The van der Waals surface area contributed by atoms with Crippen molar-refractivity contribution in [2.75, 3.05) is 5.32 Å². The van der Waals surface area contributed by atoms with Crippen LogP contribution in [0.4, 0.5) is 5.69 Å². The van der Waals surface area contributed by atoms with Crippen molar-refractivity contribution in [3.05, 3.63) is 72.4 Å². The van der Waals surface area contributed by atoms with Crippen LogP contribution in [0.15, 0.2) is 66.9 Å². The highest BCUT2D eigenvalue weighted by Gasteiger charge is 2.15. The predicted octanol–water partition coefficient (Wildman–Crippen LogP) is 2.87. The van der Waals surface area contributed by atoms with Crippen LogP contribution in [0, 0.1) is 0 Å². The summed E-state index contributed by atoms with van der Waals surface area (Å²) in [6.45, 7) is 0. The first-order valence-electron chi connectivity index (χ1n) is 6.70. The van der Waals surface area contributed by atoms with Gasteiger partial charge in [0.05, 0.1) is 17.4 Å².